The van der Waals surface area contributed by atoms with Crippen molar-refractivity contribution in [3.63, 3.8) is 0 Å². The molecule has 0 N–H and O–H groups in total. The van der Waals surface area contributed by atoms with Gasteiger partial charge in [0.2, 0.25) is 17.7 Å². The van der Waals surface area contributed by atoms with Gasteiger partial charge >= 0.3 is 0 Å². The zero-order chi connectivity index (χ0) is 20.3. The molecule has 0 spiro atoms. The van der Waals surface area contributed by atoms with Gasteiger partial charge in [0.1, 0.15) is 5.82 Å². The third-order valence-corrected chi connectivity index (χ3v) is 5.39. The van der Waals surface area contributed by atoms with Crippen molar-refractivity contribution in [2.45, 2.75) is 18.3 Å². The van der Waals surface area contributed by atoms with E-state index in [9.17, 15) is 18.8 Å². The number of amides is 3. The van der Waals surface area contributed by atoms with E-state index in [2.05, 4.69) is 0 Å². The number of carbonyl (C=O) groups is 3. The summed E-state index contributed by atoms with van der Waals surface area (Å²) in [6, 6.07) is 5.92. The van der Waals surface area contributed by atoms with Crippen molar-refractivity contribution in [3.05, 3.63) is 35.6 Å². The molecule has 0 radical (unpaired) electrons. The van der Waals surface area contributed by atoms with Gasteiger partial charge in [-0.2, -0.15) is 0 Å². The fourth-order valence-corrected chi connectivity index (χ4v) is 3.80. The van der Waals surface area contributed by atoms with E-state index in [0.29, 0.717) is 32.8 Å². The molecule has 2 fully saturated rings. The lowest BCUT2D eigenvalue weighted by Gasteiger charge is -2.32. The lowest BCUT2D eigenvalue weighted by atomic mass is 9.75. The molecule has 8 heteroatoms. The number of nitrogens with zero attached hydrogens (tertiary/aromatic N) is 3. The molecular weight excluding hydrogens is 365 g/mol. The van der Waals surface area contributed by atoms with Gasteiger partial charge in [0.05, 0.1) is 18.6 Å². The van der Waals surface area contributed by atoms with Crippen LogP contribution < -0.4 is 0 Å². The minimum absolute atomic E-state index is 0.113. The Morgan fingerprint density at radius 2 is 1.89 bits per heavy atom. The first-order valence-electron chi connectivity index (χ1n) is 9.45. The minimum atomic E-state index is -1.50. The summed E-state index contributed by atoms with van der Waals surface area (Å²) in [4.78, 5) is 43.6. The van der Waals surface area contributed by atoms with E-state index in [0.717, 1.165) is 0 Å². The Morgan fingerprint density at radius 3 is 2.54 bits per heavy atom. The summed E-state index contributed by atoms with van der Waals surface area (Å²) in [6.45, 7) is 2.44. The van der Waals surface area contributed by atoms with E-state index in [1.807, 2.05) is 19.0 Å². The first kappa shape index (κ1) is 20.4. The van der Waals surface area contributed by atoms with E-state index in [1.54, 1.807) is 11.0 Å². The van der Waals surface area contributed by atoms with Crippen molar-refractivity contribution in [3.8, 4) is 0 Å². The van der Waals surface area contributed by atoms with Gasteiger partial charge in [0.25, 0.3) is 0 Å². The van der Waals surface area contributed by atoms with E-state index in [4.69, 9.17) is 4.74 Å². The number of hydrogen-bond acceptors (Lipinski definition) is 5. The van der Waals surface area contributed by atoms with Crippen LogP contribution in [0.4, 0.5) is 4.39 Å². The summed E-state index contributed by atoms with van der Waals surface area (Å²) in [5.41, 5.74) is -1.38. The fraction of sp³-hybridized carbons (Fsp3) is 0.550. The van der Waals surface area contributed by atoms with Gasteiger partial charge in [-0.1, -0.05) is 18.2 Å². The molecule has 0 aliphatic carbocycles. The number of carbonyl (C=O) groups excluding carboxylic acids is 3. The maximum atomic E-state index is 14.7. The van der Waals surface area contributed by atoms with Crippen LogP contribution in [0, 0.1) is 5.82 Å². The summed E-state index contributed by atoms with van der Waals surface area (Å²) in [5, 5.41) is 0. The monoisotopic (exact) mass is 391 g/mol. The molecule has 152 valence electrons. The van der Waals surface area contributed by atoms with Crippen molar-refractivity contribution in [2.24, 2.45) is 0 Å². The molecule has 2 heterocycles. The minimum Gasteiger partial charge on any atom is -0.378 e. The number of benzene rings is 1. The average molecular weight is 391 g/mol. The van der Waals surface area contributed by atoms with Gasteiger partial charge < -0.3 is 14.5 Å². The van der Waals surface area contributed by atoms with E-state index in [-0.39, 0.29) is 36.8 Å². The van der Waals surface area contributed by atoms with Crippen molar-refractivity contribution < 1.29 is 23.5 Å². The second-order valence-electron chi connectivity index (χ2n) is 7.56. The number of rotatable bonds is 6. The van der Waals surface area contributed by atoms with Crippen LogP contribution in [0.25, 0.3) is 0 Å². The molecular formula is C20H26FN3O4. The van der Waals surface area contributed by atoms with Gasteiger partial charge in [0, 0.05) is 44.6 Å². The first-order valence-corrected chi connectivity index (χ1v) is 9.45. The van der Waals surface area contributed by atoms with Crippen LogP contribution in [-0.2, 0) is 24.5 Å². The number of likely N-dealkylation sites (tertiary alicyclic amines) is 1. The zero-order valence-electron chi connectivity index (χ0n) is 16.3. The van der Waals surface area contributed by atoms with Crippen LogP contribution in [0.15, 0.2) is 24.3 Å². The smallest absolute Gasteiger partial charge is 0.241 e. The van der Waals surface area contributed by atoms with Gasteiger partial charge in [0.15, 0.2) is 0 Å². The standard InChI is InChI=1S/C20H26FN3O4/c1-22(2)7-8-24-18(26)14-20(19(24)27,15-5-3-4-6-16(15)21)13-17(25)23-9-11-28-12-10-23/h3-6H,7-14H2,1-2H3. The van der Waals surface area contributed by atoms with Crippen LogP contribution in [0.1, 0.15) is 18.4 Å². The molecule has 2 saturated heterocycles. The molecule has 2 aliphatic rings. The highest BCUT2D eigenvalue weighted by atomic mass is 19.1. The van der Waals surface area contributed by atoms with Gasteiger partial charge in [-0.3, -0.25) is 19.3 Å². The maximum absolute atomic E-state index is 14.7. The predicted molar refractivity (Wildman–Crippen MR) is 100.0 cm³/mol. The number of likely N-dealkylation sites (N-methyl/N-ethyl adjacent to an activating group) is 1. The van der Waals surface area contributed by atoms with Crippen molar-refractivity contribution >= 4 is 17.7 Å². The van der Waals surface area contributed by atoms with Crippen LogP contribution in [0.5, 0.6) is 0 Å². The molecule has 1 unspecified atom stereocenters. The molecule has 3 amide bonds. The molecule has 1 aromatic rings. The number of morpholine rings is 1. The average Bonchev–Trinajstić information content (AvgIpc) is 2.91. The SMILES string of the molecule is CN(C)CCN1C(=O)CC(CC(=O)N2CCOCC2)(c2ccccc2F)C1=O. The highest BCUT2D eigenvalue weighted by Gasteiger charge is 2.55. The van der Waals surface area contributed by atoms with Crippen molar-refractivity contribution in [2.75, 3.05) is 53.5 Å². The Morgan fingerprint density at radius 1 is 1.21 bits per heavy atom. The number of halogens is 1. The van der Waals surface area contributed by atoms with Crippen molar-refractivity contribution in [1.29, 1.82) is 0 Å². The molecule has 3 rings (SSSR count). The summed E-state index contributed by atoms with van der Waals surface area (Å²) in [5.74, 6) is -1.70. The Balaban J connectivity index is 1.94. The summed E-state index contributed by atoms with van der Waals surface area (Å²) >= 11 is 0. The fourth-order valence-electron chi connectivity index (χ4n) is 3.80. The normalized spacial score (nSPS) is 23.0. The van der Waals surface area contributed by atoms with Crippen molar-refractivity contribution in [1.82, 2.24) is 14.7 Å². The molecule has 2 aliphatic heterocycles. The Bertz CT molecular complexity index is 764. The van der Waals surface area contributed by atoms with E-state index < -0.39 is 17.1 Å². The highest BCUT2D eigenvalue weighted by molar-refractivity contribution is 6.10. The lowest BCUT2D eigenvalue weighted by molar-refractivity contribution is -0.144. The summed E-state index contributed by atoms with van der Waals surface area (Å²) < 4.78 is 20.0. The highest BCUT2D eigenvalue weighted by Crippen LogP contribution is 2.41. The maximum Gasteiger partial charge on any atom is 0.241 e. The summed E-state index contributed by atoms with van der Waals surface area (Å²) in [7, 11) is 3.69. The number of hydrogen-bond donors (Lipinski definition) is 0. The molecule has 7 nitrogen and oxygen atoms in total. The van der Waals surface area contributed by atoms with Crippen LogP contribution in [-0.4, -0.2) is 85.9 Å². The van der Waals surface area contributed by atoms with Crippen LogP contribution >= 0.6 is 0 Å². The van der Waals surface area contributed by atoms with Gasteiger partial charge in [-0.05, 0) is 20.2 Å². The second kappa shape index (κ2) is 8.36. The van der Waals surface area contributed by atoms with E-state index >= 15 is 0 Å². The predicted octanol–water partition coefficient (Wildman–Crippen LogP) is 0.633. The Labute approximate surface area is 164 Å². The Kier molecular flexibility index (Phi) is 6.10. The lowest BCUT2D eigenvalue weighted by Crippen LogP contribution is -2.47. The third kappa shape index (κ3) is 3.93. The molecule has 28 heavy (non-hydrogen) atoms. The Hall–Kier alpha value is -2.32. The number of ether oxygens (including phenoxy) is 1. The quantitative estimate of drug-likeness (QED) is 0.666. The topological polar surface area (TPSA) is 70.2 Å². The largest absolute Gasteiger partial charge is 0.378 e. The van der Waals surface area contributed by atoms with Gasteiger partial charge in [-0.15, -0.1) is 0 Å². The van der Waals surface area contributed by atoms with E-state index in [1.165, 1.54) is 23.1 Å². The molecule has 0 bridgehead atoms. The summed E-state index contributed by atoms with van der Waals surface area (Å²) in [6.07, 6.45) is -0.423. The van der Waals surface area contributed by atoms with Gasteiger partial charge in [-0.25, -0.2) is 4.39 Å². The molecule has 0 aromatic heterocycles. The molecule has 1 aromatic carbocycles. The first-order chi connectivity index (χ1) is 13.3. The van der Waals surface area contributed by atoms with Crippen LogP contribution in [0.2, 0.25) is 0 Å². The zero-order valence-corrected chi connectivity index (χ0v) is 16.3. The van der Waals surface area contributed by atoms with Crippen LogP contribution in [0.3, 0.4) is 0 Å². The third-order valence-electron chi connectivity index (χ3n) is 5.39. The second-order valence-corrected chi connectivity index (χ2v) is 7.56. The molecule has 0 saturated carbocycles. The number of imide groups is 1. The molecule has 1 atom stereocenters.